The molecular formula is C16H15N3O. The Morgan fingerprint density at radius 3 is 2.30 bits per heavy atom. The monoisotopic (exact) mass is 265 g/mol. The molecule has 0 bridgehead atoms. The number of hydrogen-bond acceptors (Lipinski definition) is 3. The molecule has 0 amide bonds. The van der Waals surface area contributed by atoms with Crippen molar-refractivity contribution in [2.45, 2.75) is 12.5 Å². The van der Waals surface area contributed by atoms with Crippen LogP contribution in [0.2, 0.25) is 0 Å². The number of benzene rings is 2. The third-order valence-electron chi connectivity index (χ3n) is 3.19. The van der Waals surface area contributed by atoms with E-state index < -0.39 is 6.10 Å². The molecule has 3 aromatic rings. The molecule has 4 heteroatoms. The van der Waals surface area contributed by atoms with E-state index in [2.05, 4.69) is 10.3 Å². The van der Waals surface area contributed by atoms with Gasteiger partial charge in [0.25, 0.3) is 0 Å². The van der Waals surface area contributed by atoms with Gasteiger partial charge in [-0.25, -0.2) is 4.68 Å². The highest BCUT2D eigenvalue weighted by Gasteiger charge is 2.15. The first-order valence-corrected chi connectivity index (χ1v) is 6.52. The predicted octanol–water partition coefficient (Wildman–Crippen LogP) is 2.54. The topological polar surface area (TPSA) is 50.9 Å². The molecule has 1 atom stereocenters. The fourth-order valence-corrected chi connectivity index (χ4v) is 2.18. The molecular weight excluding hydrogens is 250 g/mol. The van der Waals surface area contributed by atoms with E-state index >= 15 is 0 Å². The summed E-state index contributed by atoms with van der Waals surface area (Å²) in [6, 6.07) is 19.6. The highest BCUT2D eigenvalue weighted by atomic mass is 16.3. The fourth-order valence-electron chi connectivity index (χ4n) is 2.18. The van der Waals surface area contributed by atoms with Crippen LogP contribution in [0.4, 0.5) is 0 Å². The summed E-state index contributed by atoms with van der Waals surface area (Å²) in [6.45, 7) is 0. The molecule has 4 nitrogen and oxygen atoms in total. The first kappa shape index (κ1) is 12.6. The second kappa shape index (κ2) is 5.67. The molecule has 0 aliphatic heterocycles. The van der Waals surface area contributed by atoms with E-state index in [9.17, 15) is 5.11 Å². The molecule has 1 N–H and O–H groups in total. The minimum Gasteiger partial charge on any atom is -0.386 e. The lowest BCUT2D eigenvalue weighted by Gasteiger charge is -2.12. The molecule has 0 spiro atoms. The van der Waals surface area contributed by atoms with Crippen LogP contribution in [0.15, 0.2) is 66.9 Å². The first-order chi connectivity index (χ1) is 9.84. The van der Waals surface area contributed by atoms with E-state index in [1.54, 1.807) is 10.9 Å². The van der Waals surface area contributed by atoms with E-state index in [0.717, 1.165) is 11.3 Å². The van der Waals surface area contributed by atoms with Crippen molar-refractivity contribution >= 4 is 0 Å². The molecule has 0 radical (unpaired) electrons. The molecule has 0 fully saturated rings. The van der Waals surface area contributed by atoms with Crippen LogP contribution in [0.1, 0.15) is 17.4 Å². The van der Waals surface area contributed by atoms with Crippen molar-refractivity contribution < 1.29 is 5.11 Å². The Kier molecular flexibility index (Phi) is 3.56. The van der Waals surface area contributed by atoms with E-state index in [1.807, 2.05) is 60.7 Å². The van der Waals surface area contributed by atoms with E-state index in [0.29, 0.717) is 12.1 Å². The van der Waals surface area contributed by atoms with Gasteiger partial charge in [-0.2, -0.15) is 0 Å². The SMILES string of the molecule is OC(Cc1ccccc1)c1cnnn1-c1ccccc1. The average molecular weight is 265 g/mol. The number of hydrogen-bond donors (Lipinski definition) is 1. The lowest BCUT2D eigenvalue weighted by molar-refractivity contribution is 0.170. The van der Waals surface area contributed by atoms with Gasteiger partial charge >= 0.3 is 0 Å². The van der Waals surface area contributed by atoms with Gasteiger partial charge in [0.15, 0.2) is 0 Å². The third-order valence-corrected chi connectivity index (χ3v) is 3.19. The minimum absolute atomic E-state index is 0.543. The number of nitrogens with zero attached hydrogens (tertiary/aromatic N) is 3. The first-order valence-electron chi connectivity index (χ1n) is 6.52. The summed E-state index contributed by atoms with van der Waals surface area (Å²) < 4.78 is 1.67. The highest BCUT2D eigenvalue weighted by molar-refractivity contribution is 5.32. The third kappa shape index (κ3) is 2.60. The Morgan fingerprint density at radius 2 is 1.60 bits per heavy atom. The van der Waals surface area contributed by atoms with Gasteiger partial charge in [-0.15, -0.1) is 5.10 Å². The van der Waals surface area contributed by atoms with Crippen molar-refractivity contribution in [3.05, 3.63) is 78.1 Å². The zero-order chi connectivity index (χ0) is 13.8. The standard InChI is InChI=1S/C16H15N3O/c20-16(11-13-7-3-1-4-8-13)15-12-17-18-19(15)14-9-5-2-6-10-14/h1-10,12,16,20H,11H2. The number of para-hydroxylation sites is 1. The molecule has 1 unspecified atom stereocenters. The summed E-state index contributed by atoms with van der Waals surface area (Å²) in [6.07, 6.45) is 1.52. The Bertz CT molecular complexity index is 664. The van der Waals surface area contributed by atoms with Gasteiger partial charge < -0.3 is 5.11 Å². The Hall–Kier alpha value is -2.46. The maximum Gasteiger partial charge on any atom is 0.102 e. The maximum atomic E-state index is 10.4. The zero-order valence-corrected chi connectivity index (χ0v) is 10.9. The van der Waals surface area contributed by atoms with Crippen LogP contribution < -0.4 is 0 Å². The lowest BCUT2D eigenvalue weighted by Crippen LogP contribution is -2.09. The van der Waals surface area contributed by atoms with Gasteiger partial charge in [-0.05, 0) is 17.7 Å². The number of aliphatic hydroxyl groups excluding tert-OH is 1. The zero-order valence-electron chi connectivity index (χ0n) is 10.9. The van der Waals surface area contributed by atoms with Gasteiger partial charge in [0, 0.05) is 6.42 Å². The van der Waals surface area contributed by atoms with Crippen LogP contribution >= 0.6 is 0 Å². The van der Waals surface area contributed by atoms with Crippen molar-refractivity contribution in [3.63, 3.8) is 0 Å². The van der Waals surface area contributed by atoms with Crippen molar-refractivity contribution in [3.8, 4) is 5.69 Å². The lowest BCUT2D eigenvalue weighted by atomic mass is 10.1. The van der Waals surface area contributed by atoms with Gasteiger partial charge in [0.2, 0.25) is 0 Å². The summed E-state index contributed by atoms with van der Waals surface area (Å²) >= 11 is 0. The van der Waals surface area contributed by atoms with Crippen LogP contribution in [0.25, 0.3) is 5.69 Å². The molecule has 0 saturated carbocycles. The number of aliphatic hydroxyl groups is 1. The van der Waals surface area contributed by atoms with Gasteiger partial charge in [0.1, 0.15) is 6.10 Å². The Morgan fingerprint density at radius 1 is 0.950 bits per heavy atom. The summed E-state index contributed by atoms with van der Waals surface area (Å²) in [7, 11) is 0. The molecule has 20 heavy (non-hydrogen) atoms. The van der Waals surface area contributed by atoms with Crippen LogP contribution in [-0.4, -0.2) is 20.1 Å². The summed E-state index contributed by atoms with van der Waals surface area (Å²) in [4.78, 5) is 0. The van der Waals surface area contributed by atoms with E-state index in [4.69, 9.17) is 0 Å². The molecule has 1 heterocycles. The fraction of sp³-hybridized carbons (Fsp3) is 0.125. The number of aromatic nitrogens is 3. The van der Waals surface area contributed by atoms with Crippen molar-refractivity contribution in [2.24, 2.45) is 0 Å². The van der Waals surface area contributed by atoms with E-state index in [1.165, 1.54) is 0 Å². The second-order valence-electron chi connectivity index (χ2n) is 4.61. The quantitative estimate of drug-likeness (QED) is 0.788. The van der Waals surface area contributed by atoms with E-state index in [-0.39, 0.29) is 0 Å². The molecule has 2 aromatic carbocycles. The van der Waals surface area contributed by atoms with Gasteiger partial charge in [-0.3, -0.25) is 0 Å². The van der Waals surface area contributed by atoms with Gasteiger partial charge in [-0.1, -0.05) is 53.7 Å². The summed E-state index contributed by atoms with van der Waals surface area (Å²) in [5.41, 5.74) is 2.67. The highest BCUT2D eigenvalue weighted by Crippen LogP contribution is 2.19. The summed E-state index contributed by atoms with van der Waals surface area (Å²) in [5.74, 6) is 0. The maximum absolute atomic E-state index is 10.4. The Balaban J connectivity index is 1.86. The molecule has 3 rings (SSSR count). The molecule has 100 valence electrons. The predicted molar refractivity (Wildman–Crippen MR) is 76.5 cm³/mol. The van der Waals surface area contributed by atoms with Crippen molar-refractivity contribution in [2.75, 3.05) is 0 Å². The average Bonchev–Trinajstić information content (AvgIpc) is 2.99. The second-order valence-corrected chi connectivity index (χ2v) is 4.61. The molecule has 0 saturated heterocycles. The van der Waals surface area contributed by atoms with Crippen LogP contribution in [0.3, 0.4) is 0 Å². The smallest absolute Gasteiger partial charge is 0.102 e. The molecule has 1 aromatic heterocycles. The largest absolute Gasteiger partial charge is 0.386 e. The van der Waals surface area contributed by atoms with Gasteiger partial charge in [0.05, 0.1) is 17.6 Å². The van der Waals surface area contributed by atoms with Crippen LogP contribution in [0.5, 0.6) is 0 Å². The minimum atomic E-state index is -0.632. The molecule has 0 aliphatic carbocycles. The van der Waals surface area contributed by atoms with Crippen LogP contribution in [0, 0.1) is 0 Å². The Labute approximate surface area is 117 Å². The van der Waals surface area contributed by atoms with Crippen molar-refractivity contribution in [1.29, 1.82) is 0 Å². The number of rotatable bonds is 4. The molecule has 0 aliphatic rings. The summed E-state index contributed by atoms with van der Waals surface area (Å²) in [5, 5.41) is 18.4. The van der Waals surface area contributed by atoms with Crippen LogP contribution in [-0.2, 0) is 6.42 Å². The van der Waals surface area contributed by atoms with Crippen molar-refractivity contribution in [1.82, 2.24) is 15.0 Å². The normalized spacial score (nSPS) is 12.2.